The molecule has 1 aliphatic rings. The van der Waals surface area contributed by atoms with Crippen LogP contribution in [0, 0.1) is 0 Å². The van der Waals surface area contributed by atoms with E-state index in [-0.39, 0.29) is 6.61 Å². The third kappa shape index (κ3) is 8.27. The summed E-state index contributed by atoms with van der Waals surface area (Å²) in [6, 6.07) is 0. The van der Waals surface area contributed by atoms with Crippen molar-refractivity contribution >= 4 is 45.5 Å². The van der Waals surface area contributed by atoms with E-state index >= 15 is 0 Å². The van der Waals surface area contributed by atoms with Crippen LogP contribution in [0.3, 0.4) is 0 Å². The molecule has 0 amide bonds. The molecular weight excluding hydrogens is 412 g/mol. The van der Waals surface area contributed by atoms with Crippen LogP contribution in [0.5, 0.6) is 0 Å². The van der Waals surface area contributed by atoms with E-state index in [1.165, 1.54) is 49.3 Å². The van der Waals surface area contributed by atoms with Gasteiger partial charge in [-0.05, 0) is 6.42 Å². The van der Waals surface area contributed by atoms with Crippen molar-refractivity contribution in [1.82, 2.24) is 0 Å². The van der Waals surface area contributed by atoms with Crippen LogP contribution in [-0.4, -0.2) is 66.1 Å². The Balaban J connectivity index is 3.21. The average Bonchev–Trinajstić information content (AvgIpc) is 2.57. The zero-order valence-corrected chi connectivity index (χ0v) is 18.1. The second-order valence-corrected chi connectivity index (χ2v) is 8.57. The van der Waals surface area contributed by atoms with E-state index in [1.54, 1.807) is 0 Å². The quantitative estimate of drug-likeness (QED) is 0.227. The monoisotopic (exact) mass is 438 g/mol. The molecule has 1 rings (SSSR count). The average molecular weight is 439 g/mol. The van der Waals surface area contributed by atoms with E-state index in [4.69, 9.17) is 23.7 Å². The summed E-state index contributed by atoms with van der Waals surface area (Å²) in [7, 11) is 2.80. The van der Waals surface area contributed by atoms with E-state index in [9.17, 15) is 19.2 Å². The molecule has 0 aromatic rings. The number of hydrogen-bond donors (Lipinski definition) is 0. The molecule has 1 aliphatic heterocycles. The van der Waals surface area contributed by atoms with Gasteiger partial charge in [-0.1, -0.05) is 28.5 Å². The Morgan fingerprint density at radius 1 is 0.821 bits per heavy atom. The van der Waals surface area contributed by atoms with Crippen molar-refractivity contribution in [3.05, 3.63) is 0 Å². The zero-order valence-electron chi connectivity index (χ0n) is 16.5. The van der Waals surface area contributed by atoms with Gasteiger partial charge in [0.25, 0.3) is 0 Å². The van der Waals surface area contributed by atoms with Gasteiger partial charge in [0, 0.05) is 33.4 Å². The molecule has 0 bridgehead atoms. The Morgan fingerprint density at radius 3 is 1.86 bits per heavy atom. The first-order chi connectivity index (χ1) is 13.1. The molecule has 0 N–H and O–H groups in total. The highest BCUT2D eigenvalue weighted by Crippen LogP contribution is 2.39. The molecule has 0 radical (unpaired) electrons. The molecule has 160 valence electrons. The van der Waals surface area contributed by atoms with E-state index < -0.39 is 53.7 Å². The van der Waals surface area contributed by atoms with Gasteiger partial charge in [0.15, 0.2) is 23.7 Å². The standard InChI is InChI=1S/C17H26O9S2/c1-6-7-27-28-17-16(25-12(5)21)15(24-11(4)20)14(23-10(3)19)13(26-17)8-22-9(2)18/h13-17H,6-8H2,1-5H3/t13-,14-,15+,16+,17+/m1/s1. The predicted molar refractivity (Wildman–Crippen MR) is 102 cm³/mol. The largest absolute Gasteiger partial charge is 0.463 e. The molecule has 0 aromatic heterocycles. The van der Waals surface area contributed by atoms with Gasteiger partial charge in [-0.25, -0.2) is 0 Å². The van der Waals surface area contributed by atoms with Crippen LogP contribution in [0.15, 0.2) is 0 Å². The van der Waals surface area contributed by atoms with E-state index in [1.807, 2.05) is 6.92 Å². The first kappa shape index (κ1) is 24.6. The maximum absolute atomic E-state index is 11.7. The molecule has 1 fully saturated rings. The third-order valence-electron chi connectivity index (χ3n) is 3.40. The highest BCUT2D eigenvalue weighted by molar-refractivity contribution is 8.76. The first-order valence-electron chi connectivity index (χ1n) is 8.74. The summed E-state index contributed by atoms with van der Waals surface area (Å²) in [4.78, 5) is 46.1. The SMILES string of the molecule is CCCSS[C@@H]1O[C@H](COC(C)=O)[C@@H](OC(C)=O)[C@H](OC(C)=O)[C@@H]1OC(C)=O. The lowest BCUT2D eigenvalue weighted by molar-refractivity contribution is -0.237. The summed E-state index contributed by atoms with van der Waals surface area (Å²) in [5.41, 5.74) is -0.725. The van der Waals surface area contributed by atoms with Crippen LogP contribution in [0.2, 0.25) is 0 Å². The van der Waals surface area contributed by atoms with E-state index in [2.05, 4.69) is 0 Å². The second-order valence-electron chi connectivity index (χ2n) is 5.99. The lowest BCUT2D eigenvalue weighted by Gasteiger charge is -2.43. The van der Waals surface area contributed by atoms with Gasteiger partial charge in [0.2, 0.25) is 0 Å². The Kier molecular flexibility index (Phi) is 10.7. The van der Waals surface area contributed by atoms with Crippen molar-refractivity contribution in [2.45, 2.75) is 70.9 Å². The molecule has 0 aliphatic carbocycles. The van der Waals surface area contributed by atoms with Crippen LogP contribution < -0.4 is 0 Å². The molecule has 5 atom stereocenters. The summed E-state index contributed by atoms with van der Waals surface area (Å²) < 4.78 is 27.0. The fourth-order valence-electron chi connectivity index (χ4n) is 2.46. The number of ether oxygens (including phenoxy) is 5. The van der Waals surface area contributed by atoms with Crippen molar-refractivity contribution in [2.75, 3.05) is 12.4 Å². The van der Waals surface area contributed by atoms with Crippen LogP contribution in [0.4, 0.5) is 0 Å². The van der Waals surface area contributed by atoms with Crippen molar-refractivity contribution in [1.29, 1.82) is 0 Å². The number of esters is 4. The number of hydrogen-bond acceptors (Lipinski definition) is 11. The van der Waals surface area contributed by atoms with Crippen molar-refractivity contribution in [3.63, 3.8) is 0 Å². The van der Waals surface area contributed by atoms with Gasteiger partial charge in [-0.2, -0.15) is 0 Å². The molecule has 0 spiro atoms. The normalized spacial score (nSPS) is 26.8. The van der Waals surface area contributed by atoms with Gasteiger partial charge in [0.05, 0.1) is 0 Å². The number of rotatable bonds is 9. The number of carbonyl (C=O) groups is 4. The van der Waals surface area contributed by atoms with Gasteiger partial charge < -0.3 is 23.7 Å². The molecule has 9 nitrogen and oxygen atoms in total. The minimum atomic E-state index is -1.11. The zero-order chi connectivity index (χ0) is 21.3. The van der Waals surface area contributed by atoms with Gasteiger partial charge in [-0.15, -0.1) is 0 Å². The third-order valence-corrected chi connectivity index (χ3v) is 6.16. The predicted octanol–water partition coefficient (Wildman–Crippen LogP) is 1.86. The van der Waals surface area contributed by atoms with Crippen molar-refractivity contribution in [3.8, 4) is 0 Å². The Labute approximate surface area is 171 Å². The van der Waals surface area contributed by atoms with E-state index in [0.717, 1.165) is 12.2 Å². The Morgan fingerprint density at radius 2 is 1.36 bits per heavy atom. The van der Waals surface area contributed by atoms with Crippen LogP contribution in [0.25, 0.3) is 0 Å². The highest BCUT2D eigenvalue weighted by atomic mass is 33.1. The van der Waals surface area contributed by atoms with Crippen molar-refractivity contribution < 1.29 is 42.9 Å². The van der Waals surface area contributed by atoms with Gasteiger partial charge in [-0.3, -0.25) is 19.2 Å². The maximum atomic E-state index is 11.7. The summed E-state index contributed by atoms with van der Waals surface area (Å²) in [5, 5.41) is 0. The van der Waals surface area contributed by atoms with E-state index in [0.29, 0.717) is 0 Å². The molecule has 0 aromatic carbocycles. The highest BCUT2D eigenvalue weighted by Gasteiger charge is 2.52. The van der Waals surface area contributed by atoms with Crippen molar-refractivity contribution in [2.24, 2.45) is 0 Å². The topological polar surface area (TPSA) is 114 Å². The lowest BCUT2D eigenvalue weighted by atomic mass is 9.99. The minimum absolute atomic E-state index is 0.215. The maximum Gasteiger partial charge on any atom is 0.303 e. The summed E-state index contributed by atoms with van der Waals surface area (Å²) >= 11 is 0. The first-order valence-corrected chi connectivity index (χ1v) is 11.1. The Hall–Kier alpha value is -1.46. The van der Waals surface area contributed by atoms with Crippen LogP contribution in [0.1, 0.15) is 41.0 Å². The lowest BCUT2D eigenvalue weighted by Crippen LogP contribution is -2.61. The minimum Gasteiger partial charge on any atom is -0.463 e. The molecule has 1 saturated heterocycles. The number of carbonyl (C=O) groups excluding carboxylic acids is 4. The molecule has 28 heavy (non-hydrogen) atoms. The Bertz CT molecular complexity index is 569. The van der Waals surface area contributed by atoms with Gasteiger partial charge >= 0.3 is 23.9 Å². The molecule has 0 unspecified atom stereocenters. The van der Waals surface area contributed by atoms with Crippen LogP contribution >= 0.6 is 21.6 Å². The smallest absolute Gasteiger partial charge is 0.303 e. The fraction of sp³-hybridized carbons (Fsp3) is 0.765. The van der Waals surface area contributed by atoms with Gasteiger partial charge in [0.1, 0.15) is 12.7 Å². The molecular formula is C17H26O9S2. The molecule has 1 heterocycles. The second kappa shape index (κ2) is 12.2. The summed E-state index contributed by atoms with van der Waals surface area (Å²) in [6.45, 7) is 6.64. The molecule has 0 saturated carbocycles. The summed E-state index contributed by atoms with van der Waals surface area (Å²) in [6.07, 6.45) is -3.21. The molecule has 11 heteroatoms. The van der Waals surface area contributed by atoms with Crippen LogP contribution in [-0.2, 0) is 42.9 Å². The fourth-order valence-corrected chi connectivity index (χ4v) is 5.03. The summed E-state index contributed by atoms with van der Waals surface area (Å²) in [5.74, 6) is -1.61.